The van der Waals surface area contributed by atoms with E-state index in [1.165, 1.54) is 48.5 Å². The second kappa shape index (κ2) is 9.83. The number of rotatable bonds is 6. The SMILES string of the molecule is O=C(O)c1ccc(S(=O)(=O)[N-]S(=O)(=O)c2ccc(C(=O)O)c3ccccc23)c2ccccc12.[K+]. The first-order valence-electron chi connectivity index (χ1n) is 9.27. The Hall–Kier alpha value is -2.16. The molecule has 0 unspecified atom stereocenters. The van der Waals surface area contributed by atoms with Gasteiger partial charge in [-0.2, -0.15) is 0 Å². The van der Waals surface area contributed by atoms with Crippen molar-refractivity contribution in [3.63, 3.8) is 0 Å². The molecule has 4 aromatic carbocycles. The predicted octanol–water partition coefficient (Wildman–Crippen LogP) is 0.845. The molecule has 9 nitrogen and oxygen atoms in total. The molecule has 0 saturated carbocycles. The molecule has 12 heteroatoms. The number of benzene rings is 4. The zero-order valence-corrected chi connectivity index (χ0v) is 22.3. The molecule has 0 aliphatic rings. The van der Waals surface area contributed by atoms with Gasteiger partial charge in [0.25, 0.3) is 0 Å². The molecule has 0 amide bonds. The van der Waals surface area contributed by atoms with Crippen LogP contribution in [0.25, 0.3) is 25.7 Å². The molecule has 0 saturated heterocycles. The standard InChI is InChI=1S/C22H14NO8S2.K/c24-21(25)17-9-11-19(15-7-3-1-5-13(15)17)32(28,29)23-33(30,31)20-12-10-18(22(26)27)14-6-2-4-8-16(14)20;/h1-12H,(H,24,25)(H,26,27);/q-1;+1. The number of hydrogen-bond acceptors (Lipinski definition) is 6. The van der Waals surface area contributed by atoms with Gasteiger partial charge in [-0.15, -0.1) is 0 Å². The van der Waals surface area contributed by atoms with Gasteiger partial charge in [-0.05, 0) is 45.8 Å². The third-order valence-corrected chi connectivity index (χ3v) is 8.37. The van der Waals surface area contributed by atoms with E-state index in [9.17, 15) is 36.6 Å². The average molecular weight is 524 g/mol. The number of carboxylic acid groups (broad SMARTS) is 2. The van der Waals surface area contributed by atoms with Crippen LogP contribution in [0.1, 0.15) is 20.7 Å². The van der Waals surface area contributed by atoms with E-state index in [-0.39, 0.29) is 84.1 Å². The minimum Gasteiger partial charge on any atom is -0.478 e. The molecule has 4 aromatic rings. The van der Waals surface area contributed by atoms with Gasteiger partial charge in [-0.3, -0.25) is 0 Å². The van der Waals surface area contributed by atoms with E-state index in [0.29, 0.717) is 0 Å². The first-order valence-corrected chi connectivity index (χ1v) is 12.2. The van der Waals surface area contributed by atoms with Gasteiger partial charge in [-0.1, -0.05) is 48.5 Å². The minimum absolute atomic E-state index is 0. The van der Waals surface area contributed by atoms with Crippen LogP contribution in [0, 0.1) is 0 Å². The van der Waals surface area contributed by atoms with E-state index >= 15 is 0 Å². The smallest absolute Gasteiger partial charge is 0.478 e. The fraction of sp³-hybridized carbons (Fsp3) is 0. The van der Waals surface area contributed by atoms with E-state index in [0.717, 1.165) is 24.3 Å². The largest absolute Gasteiger partial charge is 1.00 e. The second-order valence-corrected chi connectivity index (χ2v) is 10.3. The first-order chi connectivity index (χ1) is 15.5. The van der Waals surface area contributed by atoms with Crippen molar-refractivity contribution in [2.75, 3.05) is 0 Å². The van der Waals surface area contributed by atoms with Crippen molar-refractivity contribution in [3.8, 4) is 0 Å². The van der Waals surface area contributed by atoms with Crippen LogP contribution in [0.5, 0.6) is 0 Å². The third kappa shape index (κ3) is 4.81. The van der Waals surface area contributed by atoms with Crippen molar-refractivity contribution in [2.45, 2.75) is 9.79 Å². The average Bonchev–Trinajstić information content (AvgIpc) is 2.76. The van der Waals surface area contributed by atoms with Gasteiger partial charge in [0.1, 0.15) is 20.0 Å². The Kier molecular flexibility index (Phi) is 7.65. The normalized spacial score (nSPS) is 11.8. The number of aromatic carboxylic acids is 2. The third-order valence-electron chi connectivity index (χ3n) is 4.98. The van der Waals surface area contributed by atoms with Gasteiger partial charge >= 0.3 is 63.3 Å². The number of sulfonamides is 2. The van der Waals surface area contributed by atoms with Crippen LogP contribution in [0.2, 0.25) is 0 Å². The maximum atomic E-state index is 13.0. The van der Waals surface area contributed by atoms with Crippen molar-refractivity contribution < 1.29 is 88.0 Å². The fourth-order valence-corrected chi connectivity index (χ4v) is 6.64. The Balaban J connectivity index is 0.00000324. The number of fused-ring (bicyclic) bond motifs is 2. The molecule has 0 spiro atoms. The quantitative estimate of drug-likeness (QED) is 0.352. The van der Waals surface area contributed by atoms with Crippen molar-refractivity contribution in [2.24, 2.45) is 0 Å². The Morgan fingerprint density at radius 2 is 0.882 bits per heavy atom. The molecule has 0 fully saturated rings. The van der Waals surface area contributed by atoms with Crippen LogP contribution in [-0.4, -0.2) is 39.0 Å². The summed E-state index contributed by atoms with van der Waals surface area (Å²) in [5, 5.41) is 18.9. The summed E-state index contributed by atoms with van der Waals surface area (Å²) in [6.07, 6.45) is 0. The zero-order chi connectivity index (χ0) is 24.0. The molecule has 0 radical (unpaired) electrons. The number of carboxylic acids is 2. The molecule has 0 atom stereocenters. The topological polar surface area (TPSA) is 157 Å². The Bertz CT molecular complexity index is 1560. The number of hydrogen-bond donors (Lipinski definition) is 2. The van der Waals surface area contributed by atoms with Gasteiger partial charge in [0.2, 0.25) is 0 Å². The van der Waals surface area contributed by atoms with Crippen LogP contribution in [0.15, 0.2) is 82.6 Å². The summed E-state index contributed by atoms with van der Waals surface area (Å²) < 4.78 is 55.3. The summed E-state index contributed by atoms with van der Waals surface area (Å²) in [5.41, 5.74) is -0.301. The molecule has 168 valence electrons. The molecule has 0 bridgehead atoms. The number of nitrogens with zero attached hydrogens (tertiary/aromatic N) is 1. The molecule has 34 heavy (non-hydrogen) atoms. The molecule has 0 aliphatic heterocycles. The van der Waals surface area contributed by atoms with Gasteiger partial charge < -0.3 is 14.3 Å². The summed E-state index contributed by atoms with van der Waals surface area (Å²) in [7, 11) is -9.60. The summed E-state index contributed by atoms with van der Waals surface area (Å²) in [5.74, 6) is -2.55. The van der Waals surface area contributed by atoms with E-state index in [4.69, 9.17) is 0 Å². The van der Waals surface area contributed by atoms with Gasteiger partial charge in [0, 0.05) is 0 Å². The van der Waals surface area contributed by atoms with Crippen molar-refractivity contribution in [1.82, 2.24) is 0 Å². The number of carbonyl (C=O) groups is 2. The van der Waals surface area contributed by atoms with E-state index in [2.05, 4.69) is 4.13 Å². The van der Waals surface area contributed by atoms with Crippen LogP contribution in [0.4, 0.5) is 0 Å². The fourth-order valence-electron chi connectivity index (χ4n) is 3.58. The van der Waals surface area contributed by atoms with Crippen molar-refractivity contribution >= 4 is 53.5 Å². The summed E-state index contributed by atoms with van der Waals surface area (Å²) in [4.78, 5) is 22.0. The van der Waals surface area contributed by atoms with Crippen LogP contribution >= 0.6 is 0 Å². The Labute approximate surface area is 236 Å². The minimum atomic E-state index is -4.80. The van der Waals surface area contributed by atoms with Crippen molar-refractivity contribution in [3.05, 3.63) is 88.1 Å². The van der Waals surface area contributed by atoms with Gasteiger partial charge in [0.15, 0.2) is 0 Å². The first kappa shape index (κ1) is 26.4. The van der Waals surface area contributed by atoms with Gasteiger partial charge in [-0.25, -0.2) is 26.4 Å². The molecular formula is C22H14KNO8S2. The van der Waals surface area contributed by atoms with E-state index < -0.39 is 41.8 Å². The van der Waals surface area contributed by atoms with Crippen LogP contribution < -0.4 is 51.4 Å². The molecule has 0 heterocycles. The van der Waals surface area contributed by atoms with Gasteiger partial charge in [0.05, 0.1) is 20.9 Å². The molecule has 2 N–H and O–H groups in total. The molecule has 4 rings (SSSR count). The molecule has 0 aliphatic carbocycles. The predicted molar refractivity (Wildman–Crippen MR) is 120 cm³/mol. The van der Waals surface area contributed by atoms with E-state index in [1.807, 2.05) is 0 Å². The molecule has 0 aromatic heterocycles. The molecular weight excluding hydrogens is 509 g/mol. The maximum Gasteiger partial charge on any atom is 1.00 e. The Morgan fingerprint density at radius 1 is 0.559 bits per heavy atom. The monoisotopic (exact) mass is 523 g/mol. The van der Waals surface area contributed by atoms with Crippen LogP contribution in [0.3, 0.4) is 0 Å². The van der Waals surface area contributed by atoms with E-state index in [1.54, 1.807) is 0 Å². The zero-order valence-electron chi connectivity index (χ0n) is 17.5. The second-order valence-electron chi connectivity index (χ2n) is 6.95. The Morgan fingerprint density at radius 3 is 1.21 bits per heavy atom. The van der Waals surface area contributed by atoms with Crippen molar-refractivity contribution in [1.29, 1.82) is 0 Å². The maximum absolute atomic E-state index is 13.0. The summed E-state index contributed by atoms with van der Waals surface area (Å²) in [6.45, 7) is 0. The summed E-state index contributed by atoms with van der Waals surface area (Å²) in [6, 6.07) is 15.7. The summed E-state index contributed by atoms with van der Waals surface area (Å²) >= 11 is 0. The van der Waals surface area contributed by atoms with Crippen LogP contribution in [-0.2, 0) is 20.0 Å².